The smallest absolute Gasteiger partial charge is 0.207 e. The second-order valence-electron chi connectivity index (χ2n) is 5.64. The summed E-state index contributed by atoms with van der Waals surface area (Å²) in [4.78, 5) is 0. The highest BCUT2D eigenvalue weighted by Crippen LogP contribution is 2.10. The lowest BCUT2D eigenvalue weighted by atomic mass is 9.37. The van der Waals surface area contributed by atoms with E-state index in [9.17, 15) is 30.7 Å². The predicted octanol–water partition coefficient (Wildman–Crippen LogP) is 3.18. The molecular weight excluding hydrogens is 360 g/mol. The molecule has 0 aliphatic carbocycles. The highest BCUT2D eigenvalue weighted by atomic mass is 19.2. The average Bonchev–Trinajstić information content (AvgIpc) is 2.51. The summed E-state index contributed by atoms with van der Waals surface area (Å²) in [5.74, 6) is -8.80. The van der Waals surface area contributed by atoms with Crippen LogP contribution in [0.5, 0.6) is 0 Å². The molecule has 3 rings (SSSR count). The molecule has 0 saturated heterocycles. The largest absolute Gasteiger partial charge is 0.242 e. The molecule has 0 spiro atoms. The fourth-order valence-corrected chi connectivity index (χ4v) is 2.80. The molecule has 26 heavy (non-hydrogen) atoms. The van der Waals surface area contributed by atoms with Crippen LogP contribution in [0.15, 0.2) is 48.5 Å². The Balaban J connectivity index is 2.28. The van der Waals surface area contributed by atoms with Gasteiger partial charge in [0.1, 0.15) is 23.3 Å². The first-order chi connectivity index (χ1) is 12.2. The number of halogens is 7. The summed E-state index contributed by atoms with van der Waals surface area (Å²) in [6, 6.07) is 5.78. The molecule has 0 fully saturated rings. The summed E-state index contributed by atoms with van der Waals surface area (Å²) in [6.45, 7) is -1.34. The molecule has 0 radical (unpaired) electrons. The first-order valence-corrected chi connectivity index (χ1v) is 7.31. The molecule has 0 saturated carbocycles. The van der Waals surface area contributed by atoms with Crippen molar-refractivity contribution in [3.05, 3.63) is 89.3 Å². The summed E-state index contributed by atoms with van der Waals surface area (Å²) in [7, 11) is 0. The zero-order valence-corrected chi connectivity index (χ0v) is 12.8. The van der Waals surface area contributed by atoms with Gasteiger partial charge in [-0.05, 0) is 36.4 Å². The lowest BCUT2D eigenvalue weighted by molar-refractivity contribution is 0.448. The van der Waals surface area contributed by atoms with Gasteiger partial charge in [0, 0.05) is 12.1 Å². The Labute approximate surface area is 144 Å². The van der Waals surface area contributed by atoms with Crippen molar-refractivity contribution in [2.75, 3.05) is 0 Å². The van der Waals surface area contributed by atoms with Crippen molar-refractivity contribution in [2.24, 2.45) is 0 Å². The molecule has 3 aromatic carbocycles. The van der Waals surface area contributed by atoms with Crippen LogP contribution in [0.25, 0.3) is 0 Å². The van der Waals surface area contributed by atoms with Crippen molar-refractivity contribution >= 4 is 23.1 Å². The van der Waals surface area contributed by atoms with E-state index in [4.69, 9.17) is 0 Å². The third-order valence-electron chi connectivity index (χ3n) is 3.78. The number of rotatable bonds is 3. The normalized spacial score (nSPS) is 10.9. The quantitative estimate of drug-likeness (QED) is 0.379. The Morgan fingerprint density at radius 1 is 0.423 bits per heavy atom. The highest BCUT2D eigenvalue weighted by molar-refractivity contribution is 6.95. The lowest BCUT2D eigenvalue weighted by Crippen LogP contribution is -2.53. The van der Waals surface area contributed by atoms with Crippen LogP contribution in [0.1, 0.15) is 0 Å². The van der Waals surface area contributed by atoms with E-state index in [1.807, 2.05) is 0 Å². The van der Waals surface area contributed by atoms with Crippen LogP contribution in [0.4, 0.5) is 30.7 Å². The average molecular weight is 368 g/mol. The zero-order valence-electron chi connectivity index (χ0n) is 12.8. The van der Waals surface area contributed by atoms with Crippen LogP contribution in [-0.4, -0.2) is 6.71 Å². The van der Waals surface area contributed by atoms with Gasteiger partial charge in [-0.15, -0.1) is 0 Å². The maximum atomic E-state index is 13.6. The van der Waals surface area contributed by atoms with E-state index in [-0.39, 0.29) is 16.4 Å². The molecule has 0 bridgehead atoms. The summed E-state index contributed by atoms with van der Waals surface area (Å²) in [5.41, 5.74) is -0.577. The van der Waals surface area contributed by atoms with Crippen LogP contribution in [-0.2, 0) is 0 Å². The molecule has 0 aromatic heterocycles. The Hall–Kier alpha value is -2.77. The zero-order chi connectivity index (χ0) is 19.0. The first-order valence-electron chi connectivity index (χ1n) is 7.31. The number of benzene rings is 3. The van der Waals surface area contributed by atoms with E-state index in [0.717, 1.165) is 24.3 Å². The third-order valence-corrected chi connectivity index (χ3v) is 3.78. The highest BCUT2D eigenvalue weighted by Gasteiger charge is 2.27. The predicted molar refractivity (Wildman–Crippen MR) is 83.7 cm³/mol. The van der Waals surface area contributed by atoms with Gasteiger partial charge in [-0.25, -0.2) is 30.7 Å². The van der Waals surface area contributed by atoms with Gasteiger partial charge < -0.3 is 0 Å². The monoisotopic (exact) mass is 368 g/mol. The van der Waals surface area contributed by atoms with E-state index < -0.39 is 47.4 Å². The fourth-order valence-electron chi connectivity index (χ4n) is 2.80. The van der Waals surface area contributed by atoms with Crippen LogP contribution in [0, 0.1) is 40.7 Å². The molecule has 0 unspecified atom stereocenters. The number of hydrogen-bond donors (Lipinski definition) is 0. The molecule has 0 heterocycles. The maximum Gasteiger partial charge on any atom is 0.242 e. The van der Waals surface area contributed by atoms with Crippen molar-refractivity contribution in [2.45, 2.75) is 0 Å². The molecule has 0 aliphatic heterocycles. The lowest BCUT2D eigenvalue weighted by Gasteiger charge is -2.17. The second-order valence-corrected chi connectivity index (χ2v) is 5.64. The van der Waals surface area contributed by atoms with Crippen LogP contribution >= 0.6 is 0 Å². The van der Waals surface area contributed by atoms with Crippen molar-refractivity contribution in [3.63, 3.8) is 0 Å². The molecule has 0 N–H and O–H groups in total. The second kappa shape index (κ2) is 6.86. The van der Waals surface area contributed by atoms with Gasteiger partial charge in [0.2, 0.25) is 6.71 Å². The van der Waals surface area contributed by atoms with Crippen LogP contribution < -0.4 is 16.4 Å². The summed E-state index contributed by atoms with van der Waals surface area (Å²) >= 11 is 0. The van der Waals surface area contributed by atoms with Gasteiger partial charge in [0.25, 0.3) is 0 Å². The first kappa shape index (κ1) is 18.0. The van der Waals surface area contributed by atoms with Gasteiger partial charge in [-0.3, -0.25) is 0 Å². The maximum absolute atomic E-state index is 13.6. The summed E-state index contributed by atoms with van der Waals surface area (Å²) in [5, 5.41) is 0. The van der Waals surface area contributed by atoms with Crippen molar-refractivity contribution in [1.29, 1.82) is 0 Å². The van der Waals surface area contributed by atoms with E-state index in [2.05, 4.69) is 0 Å². The minimum absolute atomic E-state index is 0.155. The van der Waals surface area contributed by atoms with E-state index in [1.165, 1.54) is 0 Å². The van der Waals surface area contributed by atoms with Gasteiger partial charge >= 0.3 is 0 Å². The van der Waals surface area contributed by atoms with Gasteiger partial charge in [0.15, 0.2) is 17.5 Å². The minimum atomic E-state index is -1.73. The minimum Gasteiger partial charge on any atom is -0.207 e. The van der Waals surface area contributed by atoms with Crippen LogP contribution in [0.2, 0.25) is 0 Å². The molecular formula is C18H8BF7. The molecule has 132 valence electrons. The Kier molecular flexibility index (Phi) is 4.76. The Morgan fingerprint density at radius 3 is 1.08 bits per heavy atom. The topological polar surface area (TPSA) is 0 Å². The third kappa shape index (κ3) is 3.59. The van der Waals surface area contributed by atoms with Crippen molar-refractivity contribution in [1.82, 2.24) is 0 Å². The summed E-state index contributed by atoms with van der Waals surface area (Å²) in [6.07, 6.45) is 0. The van der Waals surface area contributed by atoms with Crippen LogP contribution in [0.3, 0.4) is 0 Å². The molecule has 0 aliphatic rings. The van der Waals surface area contributed by atoms with Gasteiger partial charge in [-0.1, -0.05) is 16.4 Å². The molecule has 8 heteroatoms. The van der Waals surface area contributed by atoms with Crippen molar-refractivity contribution < 1.29 is 30.7 Å². The molecule has 3 aromatic rings. The Morgan fingerprint density at radius 2 is 0.731 bits per heavy atom. The van der Waals surface area contributed by atoms with Crippen molar-refractivity contribution in [3.8, 4) is 0 Å². The Bertz CT molecular complexity index is 872. The SMILES string of the molecule is Fc1cc(F)cc(B(c2cc(F)cc(F)c2)c2cc(F)c(F)c(F)c2)c1. The van der Waals surface area contributed by atoms with E-state index >= 15 is 0 Å². The fraction of sp³-hybridized carbons (Fsp3) is 0. The van der Waals surface area contributed by atoms with Gasteiger partial charge in [0.05, 0.1) is 0 Å². The van der Waals surface area contributed by atoms with E-state index in [1.54, 1.807) is 0 Å². The van der Waals surface area contributed by atoms with E-state index in [0.29, 0.717) is 24.3 Å². The molecule has 0 amide bonds. The van der Waals surface area contributed by atoms with Gasteiger partial charge in [-0.2, -0.15) is 0 Å². The number of hydrogen-bond acceptors (Lipinski definition) is 0. The molecule has 0 atom stereocenters. The molecule has 0 nitrogen and oxygen atoms in total. The standard InChI is InChI=1S/C18H8BF7/c20-12-1-9(2-13(21)7-12)19(10-3-14(22)8-15(23)4-10)11-5-16(24)18(26)17(25)6-11/h1-8H. The summed E-state index contributed by atoms with van der Waals surface area (Å²) < 4.78 is 94.9.